The summed E-state index contributed by atoms with van der Waals surface area (Å²) in [6, 6.07) is 151. The number of hydrogen-bond acceptors (Lipinski definition) is 2. The van der Waals surface area contributed by atoms with Gasteiger partial charge in [-0.25, -0.2) is 0 Å². The van der Waals surface area contributed by atoms with Crippen molar-refractivity contribution < 1.29 is 0 Å². The van der Waals surface area contributed by atoms with E-state index in [0.29, 0.717) is 0 Å². The van der Waals surface area contributed by atoms with Gasteiger partial charge in [0.15, 0.2) is 0 Å². The van der Waals surface area contributed by atoms with E-state index < -0.39 is 10.8 Å². The zero-order valence-electron chi connectivity index (χ0n) is 56.1. The monoisotopic (exact) mass is 1290 g/mol. The first-order valence-electron chi connectivity index (χ1n) is 35.0. The second-order valence-electron chi connectivity index (χ2n) is 26.7. The smallest absolute Gasteiger partial charge is 0.0714 e. The topological polar surface area (TPSA) is 6.48 Å². The molecule has 0 saturated carbocycles. The van der Waals surface area contributed by atoms with Crippen molar-refractivity contribution in [1.29, 1.82) is 0 Å². The van der Waals surface area contributed by atoms with E-state index in [-0.39, 0.29) is 0 Å². The fourth-order valence-corrected chi connectivity index (χ4v) is 16.7. The maximum Gasteiger partial charge on any atom is 0.0714 e. The van der Waals surface area contributed by atoms with Gasteiger partial charge >= 0.3 is 0 Å². The van der Waals surface area contributed by atoms with Crippen LogP contribution in [0.4, 0.5) is 34.1 Å². The van der Waals surface area contributed by atoms with Gasteiger partial charge in [-0.05, 0) is 190 Å². The third-order valence-corrected chi connectivity index (χ3v) is 21.2. The number of hydrogen-bond donors (Lipinski definition) is 0. The van der Waals surface area contributed by atoms with Crippen LogP contribution >= 0.6 is 0 Å². The largest absolute Gasteiger partial charge is 0.310 e. The molecule has 1 atom stereocenters. The normalized spacial score (nSPS) is 13.7. The molecule has 0 heterocycles. The van der Waals surface area contributed by atoms with E-state index in [2.05, 4.69) is 423 Å². The molecule has 0 amide bonds. The molecule has 16 aromatic rings. The number of anilines is 6. The molecule has 0 saturated heterocycles. The first-order chi connectivity index (χ1) is 50.0. The second kappa shape index (κ2) is 25.5. The van der Waals surface area contributed by atoms with E-state index in [9.17, 15) is 0 Å². The maximum absolute atomic E-state index is 2.50. The number of aryl methyl sites for hydroxylation is 1. The average molecular weight is 1290 g/mol. The van der Waals surface area contributed by atoms with Crippen molar-refractivity contribution in [3.05, 3.63) is 457 Å². The van der Waals surface area contributed by atoms with Gasteiger partial charge in [0.25, 0.3) is 0 Å². The Labute approximate surface area is 592 Å². The lowest BCUT2D eigenvalue weighted by Gasteiger charge is -2.35. The van der Waals surface area contributed by atoms with E-state index in [1.807, 2.05) is 0 Å². The van der Waals surface area contributed by atoms with Gasteiger partial charge in [0, 0.05) is 33.9 Å². The van der Waals surface area contributed by atoms with Crippen molar-refractivity contribution >= 4 is 34.1 Å². The summed E-state index contributed by atoms with van der Waals surface area (Å²) >= 11 is 0. The summed E-state index contributed by atoms with van der Waals surface area (Å²) < 4.78 is 0. The van der Waals surface area contributed by atoms with Gasteiger partial charge in [0.1, 0.15) is 0 Å². The molecule has 0 aliphatic heterocycles. The Morgan fingerprint density at radius 2 is 0.505 bits per heavy atom. The number of fused-ring (bicyclic) bond motifs is 6. The molecule has 101 heavy (non-hydrogen) atoms. The van der Waals surface area contributed by atoms with Gasteiger partial charge in [-0.2, -0.15) is 0 Å². The molecule has 0 aromatic heterocycles. The highest BCUT2D eigenvalue weighted by atomic mass is 15.2. The molecule has 0 spiro atoms. The van der Waals surface area contributed by atoms with Gasteiger partial charge in [-0.3, -0.25) is 0 Å². The van der Waals surface area contributed by atoms with Crippen LogP contribution in [0.2, 0.25) is 0 Å². The summed E-state index contributed by atoms with van der Waals surface area (Å²) in [5.41, 5.74) is 33.0. The quantitative estimate of drug-likeness (QED) is 0.101. The Bertz CT molecular complexity index is 5650. The van der Waals surface area contributed by atoms with Crippen LogP contribution in [-0.2, 0) is 10.8 Å². The van der Waals surface area contributed by atoms with Crippen molar-refractivity contribution in [2.45, 2.75) is 17.8 Å². The SMILES string of the molecule is Cc1cc(-c2ccccc2)ccc1N(c1ccc2c(c1)C(c1ccccc1)(c1ccc(-c3cccc(-c4ccccc4N(c4ccc(-c5ccccc5)cc4)c4ccc5c(c4)C(c4ccccc4)(c4ccccc4)c4ccccc4-5)c3)cc1)c1ccccc1-2)c1ccccc1-c1ccccc1. The van der Waals surface area contributed by atoms with Crippen molar-refractivity contribution in [3.8, 4) is 77.9 Å². The summed E-state index contributed by atoms with van der Waals surface area (Å²) in [6.45, 7) is 2.25. The fourth-order valence-electron chi connectivity index (χ4n) is 16.7. The highest BCUT2D eigenvalue weighted by Gasteiger charge is 2.48. The minimum atomic E-state index is -0.676. The van der Waals surface area contributed by atoms with Crippen LogP contribution in [0.3, 0.4) is 0 Å². The zero-order valence-corrected chi connectivity index (χ0v) is 56.1. The van der Waals surface area contributed by atoms with Crippen LogP contribution in [0.5, 0.6) is 0 Å². The molecular formula is C99H70N2. The third-order valence-electron chi connectivity index (χ3n) is 21.2. The van der Waals surface area contributed by atoms with E-state index >= 15 is 0 Å². The predicted octanol–water partition coefficient (Wildman–Crippen LogP) is 26.0. The van der Waals surface area contributed by atoms with E-state index in [0.717, 1.165) is 67.5 Å². The lowest BCUT2D eigenvalue weighted by molar-refractivity contribution is 0.768. The first-order valence-corrected chi connectivity index (χ1v) is 35.0. The molecule has 2 aliphatic carbocycles. The third kappa shape index (κ3) is 10.3. The molecular weight excluding hydrogens is 1220 g/mol. The van der Waals surface area contributed by atoms with Crippen LogP contribution in [0, 0.1) is 6.92 Å². The Balaban J connectivity index is 0.769. The lowest BCUT2D eigenvalue weighted by Crippen LogP contribution is -2.28. The Kier molecular flexibility index (Phi) is 15.3. The van der Waals surface area contributed by atoms with Crippen molar-refractivity contribution in [3.63, 3.8) is 0 Å². The molecule has 1 unspecified atom stereocenters. The summed E-state index contributed by atoms with van der Waals surface area (Å²) in [5.74, 6) is 0. The highest BCUT2D eigenvalue weighted by molar-refractivity contribution is 5.96. The minimum Gasteiger partial charge on any atom is -0.310 e. The number of nitrogens with zero attached hydrogens (tertiary/aromatic N) is 2. The van der Waals surface area contributed by atoms with Crippen LogP contribution in [0.1, 0.15) is 50.1 Å². The number of rotatable bonds is 15. The molecule has 2 heteroatoms. The Morgan fingerprint density at radius 3 is 1.02 bits per heavy atom. The summed E-state index contributed by atoms with van der Waals surface area (Å²) in [7, 11) is 0. The zero-order chi connectivity index (χ0) is 67.3. The predicted molar refractivity (Wildman–Crippen MR) is 422 cm³/mol. The van der Waals surface area contributed by atoms with E-state index in [1.165, 1.54) is 94.6 Å². The van der Waals surface area contributed by atoms with Crippen LogP contribution in [-0.4, -0.2) is 0 Å². The Morgan fingerprint density at radius 1 is 0.178 bits per heavy atom. The van der Waals surface area contributed by atoms with Gasteiger partial charge in [0.2, 0.25) is 0 Å². The second-order valence-corrected chi connectivity index (χ2v) is 26.7. The number of benzene rings is 16. The molecule has 476 valence electrons. The molecule has 2 aliphatic rings. The standard InChI is InChI=1S/C99H70N2/c1-69-65-76(71-31-10-3-11-32-71)55-64-95(69)101(97-50-27-22-43-85(97)74-33-12-4-13-34-74)84-61-63-90-88-46-21-25-48-92(88)99(94(90)68-84,80-41-18-7-19-42-80)81-56-51-73(52-57-81)75-35-28-36-77(66-75)86-44-23-26-49-96(86)100(82-58-53-72(54-59-82)70-29-8-2-9-30-70)83-60-62-89-87-45-20-24-47-91(87)98(93(89)67-83,78-37-14-5-15-38-78)79-39-16-6-17-40-79/h2-68H,1H3. The van der Waals surface area contributed by atoms with E-state index in [1.54, 1.807) is 0 Å². The first kappa shape index (κ1) is 60.5. The fraction of sp³-hybridized carbons (Fsp3) is 0.0303. The molecule has 18 rings (SSSR count). The summed E-state index contributed by atoms with van der Waals surface area (Å²) in [6.07, 6.45) is 0. The van der Waals surface area contributed by atoms with Crippen LogP contribution < -0.4 is 9.80 Å². The van der Waals surface area contributed by atoms with Crippen molar-refractivity contribution in [1.82, 2.24) is 0 Å². The summed E-state index contributed by atoms with van der Waals surface area (Å²) in [4.78, 5) is 4.97. The van der Waals surface area contributed by atoms with Crippen LogP contribution in [0.15, 0.2) is 406 Å². The van der Waals surface area contributed by atoms with Gasteiger partial charge in [0.05, 0.1) is 22.2 Å². The lowest BCUT2D eigenvalue weighted by atomic mass is 9.67. The molecule has 0 fully saturated rings. The van der Waals surface area contributed by atoms with Crippen molar-refractivity contribution in [2.75, 3.05) is 9.80 Å². The highest BCUT2D eigenvalue weighted by Crippen LogP contribution is 2.60. The average Bonchev–Trinajstić information content (AvgIpc) is 1.55. The Hall–Kier alpha value is -12.9. The molecule has 16 aromatic carbocycles. The molecule has 0 bridgehead atoms. The summed E-state index contributed by atoms with van der Waals surface area (Å²) in [5, 5.41) is 0. The molecule has 0 N–H and O–H groups in total. The molecule has 2 nitrogen and oxygen atoms in total. The minimum absolute atomic E-state index is 0.572. The van der Waals surface area contributed by atoms with E-state index in [4.69, 9.17) is 0 Å². The maximum atomic E-state index is 2.50. The number of para-hydroxylation sites is 2. The van der Waals surface area contributed by atoms with Crippen molar-refractivity contribution in [2.24, 2.45) is 0 Å². The van der Waals surface area contributed by atoms with Crippen LogP contribution in [0.25, 0.3) is 77.9 Å². The van der Waals surface area contributed by atoms with Gasteiger partial charge < -0.3 is 9.80 Å². The van der Waals surface area contributed by atoms with Gasteiger partial charge in [-0.1, -0.05) is 340 Å². The van der Waals surface area contributed by atoms with Gasteiger partial charge in [-0.15, -0.1) is 0 Å². The molecule has 0 radical (unpaired) electrons.